The maximum Gasteiger partial charge on any atom is 0.0991 e. The predicted octanol–water partition coefficient (Wildman–Crippen LogP) is 15.0. The average Bonchev–Trinajstić information content (AvgIpc) is 3.78. The second-order valence-corrected chi connectivity index (χ2v) is 15.0. The monoisotopic (exact) mass is 705 g/mol. The highest BCUT2D eigenvalue weighted by molar-refractivity contribution is 6.29. The second-order valence-electron chi connectivity index (χ2n) is 15.0. The molecular formula is C55H31N. The van der Waals surface area contributed by atoms with Crippen LogP contribution in [0.3, 0.4) is 0 Å². The first kappa shape index (κ1) is 30.9. The molecule has 256 valence electrons. The van der Waals surface area contributed by atoms with Crippen LogP contribution in [0.25, 0.3) is 121 Å². The van der Waals surface area contributed by atoms with E-state index in [1.54, 1.807) is 0 Å². The maximum absolute atomic E-state index is 9.77. The Morgan fingerprint density at radius 3 is 1.39 bits per heavy atom. The van der Waals surface area contributed by atoms with Gasteiger partial charge in [-0.05, 0) is 140 Å². The van der Waals surface area contributed by atoms with Crippen molar-refractivity contribution in [2.75, 3.05) is 0 Å². The summed E-state index contributed by atoms with van der Waals surface area (Å²) in [6.07, 6.45) is 0. The predicted molar refractivity (Wildman–Crippen MR) is 234 cm³/mol. The van der Waals surface area contributed by atoms with E-state index in [1.807, 2.05) is 18.2 Å². The summed E-state index contributed by atoms with van der Waals surface area (Å²) < 4.78 is 0. The number of hydrogen-bond donors (Lipinski definition) is 0. The van der Waals surface area contributed by atoms with Gasteiger partial charge in [-0.15, -0.1) is 0 Å². The van der Waals surface area contributed by atoms with E-state index in [0.29, 0.717) is 5.56 Å². The molecule has 12 rings (SSSR count). The Bertz CT molecular complexity index is 3320. The Hall–Kier alpha value is -7.53. The third-order valence-corrected chi connectivity index (χ3v) is 12.2. The van der Waals surface area contributed by atoms with E-state index in [2.05, 4.69) is 176 Å². The Labute approximate surface area is 325 Å². The van der Waals surface area contributed by atoms with Gasteiger partial charge in [-0.1, -0.05) is 170 Å². The lowest BCUT2D eigenvalue weighted by molar-refractivity contribution is 1.48. The van der Waals surface area contributed by atoms with Crippen molar-refractivity contribution in [3.8, 4) is 95.1 Å². The van der Waals surface area contributed by atoms with Crippen molar-refractivity contribution in [2.24, 2.45) is 0 Å². The topological polar surface area (TPSA) is 23.8 Å². The van der Waals surface area contributed by atoms with Gasteiger partial charge in [0.15, 0.2) is 0 Å². The number of nitriles is 1. The molecule has 56 heavy (non-hydrogen) atoms. The summed E-state index contributed by atoms with van der Waals surface area (Å²) >= 11 is 0. The minimum atomic E-state index is 0.665. The lowest BCUT2D eigenvalue weighted by atomic mass is 9.81. The number of fused-ring (bicyclic) bond motifs is 7. The number of nitrogens with zero attached hydrogens (tertiary/aromatic N) is 1. The zero-order chi connectivity index (χ0) is 36.9. The highest BCUT2D eigenvalue weighted by atomic mass is 14.3. The molecule has 0 atom stereocenters. The first-order valence-corrected chi connectivity index (χ1v) is 19.2. The molecule has 0 aromatic heterocycles. The first-order valence-electron chi connectivity index (χ1n) is 19.2. The fraction of sp³-hybridized carbons (Fsp3) is 0. The van der Waals surface area contributed by atoms with Gasteiger partial charge in [-0.3, -0.25) is 0 Å². The van der Waals surface area contributed by atoms with Gasteiger partial charge in [0.1, 0.15) is 0 Å². The molecule has 1 nitrogen and oxygen atoms in total. The number of rotatable bonds is 4. The van der Waals surface area contributed by atoms with Crippen LogP contribution in [-0.4, -0.2) is 0 Å². The minimum absolute atomic E-state index is 0.665. The van der Waals surface area contributed by atoms with Gasteiger partial charge in [-0.2, -0.15) is 5.26 Å². The third-order valence-electron chi connectivity index (χ3n) is 12.2. The Kier molecular flexibility index (Phi) is 6.47. The average molecular weight is 706 g/mol. The van der Waals surface area contributed by atoms with Gasteiger partial charge in [-0.25, -0.2) is 0 Å². The molecule has 0 amide bonds. The van der Waals surface area contributed by atoms with Crippen LogP contribution in [0.4, 0.5) is 0 Å². The van der Waals surface area contributed by atoms with Gasteiger partial charge in [0.05, 0.1) is 11.6 Å². The highest BCUT2D eigenvalue weighted by Crippen LogP contribution is 2.59. The summed E-state index contributed by atoms with van der Waals surface area (Å²) in [5, 5.41) is 17.3. The van der Waals surface area contributed by atoms with E-state index >= 15 is 0 Å². The van der Waals surface area contributed by atoms with Gasteiger partial charge in [0, 0.05) is 0 Å². The van der Waals surface area contributed by atoms with E-state index in [4.69, 9.17) is 0 Å². The van der Waals surface area contributed by atoms with E-state index < -0.39 is 0 Å². The molecule has 2 aliphatic carbocycles. The summed E-state index contributed by atoms with van der Waals surface area (Å²) in [7, 11) is 0. The molecule has 0 spiro atoms. The zero-order valence-corrected chi connectivity index (χ0v) is 30.3. The van der Waals surface area contributed by atoms with Crippen molar-refractivity contribution in [3.05, 3.63) is 194 Å². The molecule has 0 bridgehead atoms. The SMILES string of the molecule is N#Cc1cccc(-c2ccc3c4c(cccc24)-c2c-3c(-c3ccccc3)c3cc(-c4ccc5c6c(cccc46)-c4ccccc4-5)ccc3c2-c2ccccc2)c1. The maximum atomic E-state index is 9.77. The zero-order valence-electron chi connectivity index (χ0n) is 30.3. The number of benzene rings is 10. The van der Waals surface area contributed by atoms with E-state index in [1.165, 1.54) is 110 Å². The van der Waals surface area contributed by atoms with Crippen LogP contribution >= 0.6 is 0 Å². The Morgan fingerprint density at radius 2 is 0.732 bits per heavy atom. The number of hydrogen-bond acceptors (Lipinski definition) is 1. The quantitative estimate of drug-likeness (QED) is 0.179. The molecular weight excluding hydrogens is 675 g/mol. The van der Waals surface area contributed by atoms with Gasteiger partial charge in [0.25, 0.3) is 0 Å². The van der Waals surface area contributed by atoms with Crippen LogP contribution in [-0.2, 0) is 0 Å². The molecule has 0 fully saturated rings. The molecule has 0 saturated heterocycles. The van der Waals surface area contributed by atoms with Crippen LogP contribution in [0.1, 0.15) is 5.56 Å². The molecule has 10 aromatic rings. The summed E-state index contributed by atoms with van der Waals surface area (Å²) in [4.78, 5) is 0. The molecule has 0 heterocycles. The highest BCUT2D eigenvalue weighted by Gasteiger charge is 2.32. The molecule has 0 N–H and O–H groups in total. The van der Waals surface area contributed by atoms with Gasteiger partial charge in [0.2, 0.25) is 0 Å². The lowest BCUT2D eigenvalue weighted by Crippen LogP contribution is -1.94. The van der Waals surface area contributed by atoms with Crippen LogP contribution in [0.2, 0.25) is 0 Å². The fourth-order valence-electron chi connectivity index (χ4n) is 9.90. The van der Waals surface area contributed by atoms with E-state index in [0.717, 1.165) is 11.1 Å². The summed E-state index contributed by atoms with van der Waals surface area (Å²) in [6, 6.07) is 71.0. The minimum Gasteiger partial charge on any atom is -0.192 e. The summed E-state index contributed by atoms with van der Waals surface area (Å²) in [5.41, 5.74) is 20.5. The first-order chi connectivity index (χ1) is 27.8. The van der Waals surface area contributed by atoms with Crippen molar-refractivity contribution >= 4 is 32.3 Å². The smallest absolute Gasteiger partial charge is 0.0991 e. The van der Waals surface area contributed by atoms with Crippen molar-refractivity contribution in [2.45, 2.75) is 0 Å². The Balaban J connectivity index is 1.20. The molecule has 10 aromatic carbocycles. The van der Waals surface area contributed by atoms with Gasteiger partial charge < -0.3 is 0 Å². The van der Waals surface area contributed by atoms with Crippen LogP contribution in [0.15, 0.2) is 188 Å². The molecule has 0 radical (unpaired) electrons. The lowest BCUT2D eigenvalue weighted by Gasteiger charge is -2.21. The third kappa shape index (κ3) is 4.24. The molecule has 0 aliphatic heterocycles. The largest absolute Gasteiger partial charge is 0.192 e. The molecule has 0 saturated carbocycles. The summed E-state index contributed by atoms with van der Waals surface area (Å²) in [6.45, 7) is 0. The van der Waals surface area contributed by atoms with Crippen molar-refractivity contribution in [1.29, 1.82) is 5.26 Å². The van der Waals surface area contributed by atoms with Gasteiger partial charge >= 0.3 is 0 Å². The summed E-state index contributed by atoms with van der Waals surface area (Å²) in [5.74, 6) is 0. The standard InChI is InChI=1S/C55H31N/c56-32-33-12-9-17-36(30-33)38-27-29-48-53-43(38)21-11-23-47(53)54-50(34-13-3-1-4-14-34)46-25-24-37(31-49(46)51(55(48)54)35-15-5-2-6-16-35)39-26-28-45-41-19-8-7-18-40(41)44-22-10-20-42(39)52(44)45/h1-31H. The normalized spacial score (nSPS) is 11.9. The fourth-order valence-corrected chi connectivity index (χ4v) is 9.90. The molecule has 0 unspecified atom stereocenters. The van der Waals surface area contributed by atoms with Crippen molar-refractivity contribution in [3.63, 3.8) is 0 Å². The molecule has 2 aliphatic rings. The molecule has 1 heteroatoms. The Morgan fingerprint density at radius 1 is 0.268 bits per heavy atom. The van der Waals surface area contributed by atoms with Crippen LogP contribution in [0, 0.1) is 11.3 Å². The second kappa shape index (κ2) is 11.7. The van der Waals surface area contributed by atoms with Crippen molar-refractivity contribution < 1.29 is 0 Å². The van der Waals surface area contributed by atoms with E-state index in [-0.39, 0.29) is 0 Å². The van der Waals surface area contributed by atoms with Crippen LogP contribution < -0.4 is 0 Å². The van der Waals surface area contributed by atoms with E-state index in [9.17, 15) is 5.26 Å². The van der Waals surface area contributed by atoms with Crippen molar-refractivity contribution in [1.82, 2.24) is 0 Å². The van der Waals surface area contributed by atoms with Crippen LogP contribution in [0.5, 0.6) is 0 Å².